The maximum atomic E-state index is 8.62. The molecule has 3 N–H and O–H groups in total. The summed E-state index contributed by atoms with van der Waals surface area (Å²) in [6.45, 7) is 2.42. The fraction of sp³-hybridized carbons (Fsp3) is 0.385. The number of nitrogens with zero attached hydrogens (tertiary/aromatic N) is 1. The van der Waals surface area contributed by atoms with Crippen molar-refractivity contribution in [2.45, 2.75) is 13.1 Å². The number of hydrogen-bond donors (Lipinski definition) is 2. The van der Waals surface area contributed by atoms with Crippen LogP contribution in [0.5, 0.6) is 0 Å². The van der Waals surface area contributed by atoms with Gasteiger partial charge in [0.25, 0.3) is 0 Å². The van der Waals surface area contributed by atoms with E-state index in [9.17, 15) is 0 Å². The highest BCUT2D eigenvalue weighted by Gasteiger charge is 2.03. The van der Waals surface area contributed by atoms with Gasteiger partial charge in [0.05, 0.1) is 19.8 Å². The first-order valence-electron chi connectivity index (χ1n) is 5.82. The minimum atomic E-state index is 0.0732. The predicted molar refractivity (Wildman–Crippen MR) is 67.7 cm³/mol. The van der Waals surface area contributed by atoms with E-state index in [1.807, 2.05) is 12.3 Å². The summed E-state index contributed by atoms with van der Waals surface area (Å²) in [5.74, 6) is 0. The van der Waals surface area contributed by atoms with E-state index in [0.29, 0.717) is 19.8 Å². The Kier molecular flexibility index (Phi) is 4.14. The highest BCUT2D eigenvalue weighted by atomic mass is 16.5. The van der Waals surface area contributed by atoms with Crippen LogP contribution in [-0.4, -0.2) is 29.5 Å². The molecule has 2 aromatic rings. The molecule has 0 saturated carbocycles. The molecule has 0 fully saturated rings. The van der Waals surface area contributed by atoms with Gasteiger partial charge in [0.15, 0.2) is 0 Å². The summed E-state index contributed by atoms with van der Waals surface area (Å²) in [6, 6.07) is 8.24. The van der Waals surface area contributed by atoms with Gasteiger partial charge in [-0.1, -0.05) is 12.1 Å². The van der Waals surface area contributed by atoms with Gasteiger partial charge in [0.1, 0.15) is 0 Å². The Morgan fingerprint density at radius 3 is 2.88 bits per heavy atom. The van der Waals surface area contributed by atoms with E-state index in [-0.39, 0.29) is 6.61 Å². The molecular formula is C13H18N2O2. The summed E-state index contributed by atoms with van der Waals surface area (Å²) in [5, 5.41) is 9.82. The molecule has 0 aliphatic rings. The van der Waals surface area contributed by atoms with E-state index in [4.69, 9.17) is 15.6 Å². The molecule has 0 bridgehead atoms. The van der Waals surface area contributed by atoms with Crippen LogP contribution in [0.4, 0.5) is 0 Å². The Labute approximate surface area is 101 Å². The number of rotatable bonds is 6. The topological polar surface area (TPSA) is 60.4 Å². The molecule has 17 heavy (non-hydrogen) atoms. The number of nitrogens with two attached hydrogens (primary N) is 1. The zero-order chi connectivity index (χ0) is 12.1. The first-order chi connectivity index (χ1) is 8.36. The highest BCUT2D eigenvalue weighted by molar-refractivity contribution is 5.83. The van der Waals surface area contributed by atoms with Crippen LogP contribution in [0, 0.1) is 0 Å². The Balaban J connectivity index is 2.13. The van der Waals surface area contributed by atoms with Crippen molar-refractivity contribution in [2.24, 2.45) is 5.73 Å². The summed E-state index contributed by atoms with van der Waals surface area (Å²) >= 11 is 0. The number of hydrogen-bond acceptors (Lipinski definition) is 3. The number of fused-ring (bicyclic) bond motifs is 1. The molecule has 0 unspecified atom stereocenters. The van der Waals surface area contributed by atoms with Gasteiger partial charge < -0.3 is 20.1 Å². The van der Waals surface area contributed by atoms with Crippen molar-refractivity contribution in [1.82, 2.24) is 4.57 Å². The Morgan fingerprint density at radius 1 is 1.24 bits per heavy atom. The minimum Gasteiger partial charge on any atom is -0.394 e. The maximum Gasteiger partial charge on any atom is 0.0698 e. The van der Waals surface area contributed by atoms with E-state index in [1.54, 1.807) is 0 Å². The third kappa shape index (κ3) is 2.66. The molecule has 1 aromatic heterocycles. The zero-order valence-electron chi connectivity index (χ0n) is 9.80. The van der Waals surface area contributed by atoms with Crippen LogP contribution >= 0.6 is 0 Å². The molecule has 0 aliphatic heterocycles. The fourth-order valence-electron chi connectivity index (χ4n) is 1.99. The Bertz CT molecular complexity index is 479. The van der Waals surface area contributed by atoms with Gasteiger partial charge >= 0.3 is 0 Å². The van der Waals surface area contributed by atoms with Crippen molar-refractivity contribution in [3.63, 3.8) is 0 Å². The molecule has 0 spiro atoms. The first kappa shape index (κ1) is 12.1. The van der Waals surface area contributed by atoms with E-state index >= 15 is 0 Å². The molecule has 4 nitrogen and oxygen atoms in total. The van der Waals surface area contributed by atoms with Gasteiger partial charge in [-0.25, -0.2) is 0 Å². The highest BCUT2D eigenvalue weighted by Crippen LogP contribution is 2.19. The predicted octanol–water partition coefficient (Wildman–Crippen LogP) is 1.11. The van der Waals surface area contributed by atoms with Crippen LogP contribution in [-0.2, 0) is 17.8 Å². The van der Waals surface area contributed by atoms with Crippen LogP contribution in [0.15, 0.2) is 30.5 Å². The van der Waals surface area contributed by atoms with Gasteiger partial charge in [-0.2, -0.15) is 0 Å². The summed E-state index contributed by atoms with van der Waals surface area (Å²) in [4.78, 5) is 0. The second kappa shape index (κ2) is 5.82. The zero-order valence-corrected chi connectivity index (χ0v) is 9.80. The number of benzene rings is 1. The molecule has 4 heteroatoms. The first-order valence-corrected chi connectivity index (χ1v) is 5.82. The van der Waals surface area contributed by atoms with Gasteiger partial charge in [-0.05, 0) is 17.7 Å². The van der Waals surface area contributed by atoms with Gasteiger partial charge in [0, 0.05) is 30.2 Å². The summed E-state index contributed by atoms with van der Waals surface area (Å²) in [6.07, 6.45) is 2.05. The van der Waals surface area contributed by atoms with E-state index in [2.05, 4.69) is 22.8 Å². The van der Waals surface area contributed by atoms with Crippen LogP contribution in [0.3, 0.4) is 0 Å². The standard InChI is InChI=1S/C13H18N2O2/c14-10-11-2-1-3-13-12(11)4-5-15(13)6-8-17-9-7-16/h1-5,16H,6-10,14H2. The van der Waals surface area contributed by atoms with Crippen LogP contribution < -0.4 is 5.73 Å². The third-order valence-corrected chi connectivity index (χ3v) is 2.84. The lowest BCUT2D eigenvalue weighted by Crippen LogP contribution is -2.07. The SMILES string of the molecule is NCc1cccc2c1ccn2CCOCCO. The van der Waals surface area contributed by atoms with Crippen molar-refractivity contribution in [2.75, 3.05) is 19.8 Å². The molecule has 92 valence electrons. The average Bonchev–Trinajstić information content (AvgIpc) is 2.78. The van der Waals surface area contributed by atoms with Crippen molar-refractivity contribution in [1.29, 1.82) is 0 Å². The number of ether oxygens (including phenoxy) is 1. The smallest absolute Gasteiger partial charge is 0.0698 e. The quantitative estimate of drug-likeness (QED) is 0.736. The van der Waals surface area contributed by atoms with E-state index in [1.165, 1.54) is 10.9 Å². The lowest BCUT2D eigenvalue weighted by molar-refractivity contribution is 0.0875. The molecular weight excluding hydrogens is 216 g/mol. The van der Waals surface area contributed by atoms with E-state index < -0.39 is 0 Å². The average molecular weight is 234 g/mol. The monoisotopic (exact) mass is 234 g/mol. The molecule has 1 aromatic carbocycles. The minimum absolute atomic E-state index is 0.0732. The number of aliphatic hydroxyl groups is 1. The molecule has 0 atom stereocenters. The fourth-order valence-corrected chi connectivity index (χ4v) is 1.99. The van der Waals surface area contributed by atoms with Crippen molar-refractivity contribution in [3.05, 3.63) is 36.0 Å². The normalized spacial score (nSPS) is 11.2. The lowest BCUT2D eigenvalue weighted by atomic mass is 10.1. The third-order valence-electron chi connectivity index (χ3n) is 2.84. The second-order valence-corrected chi connectivity index (χ2v) is 3.90. The summed E-state index contributed by atoms with van der Waals surface area (Å²) in [5.41, 5.74) is 8.05. The molecule has 0 amide bonds. The largest absolute Gasteiger partial charge is 0.394 e. The van der Waals surface area contributed by atoms with Crippen molar-refractivity contribution in [3.8, 4) is 0 Å². The second-order valence-electron chi connectivity index (χ2n) is 3.90. The lowest BCUT2D eigenvalue weighted by Gasteiger charge is -2.07. The molecule has 0 radical (unpaired) electrons. The number of aliphatic hydroxyl groups excluding tert-OH is 1. The summed E-state index contributed by atoms with van der Waals surface area (Å²) < 4.78 is 7.41. The van der Waals surface area contributed by atoms with E-state index in [0.717, 1.165) is 12.1 Å². The molecule has 1 heterocycles. The van der Waals surface area contributed by atoms with Crippen LogP contribution in [0.2, 0.25) is 0 Å². The molecule has 2 rings (SSSR count). The maximum absolute atomic E-state index is 8.62. The Morgan fingerprint density at radius 2 is 2.12 bits per heavy atom. The molecule has 0 saturated heterocycles. The molecule has 0 aliphatic carbocycles. The van der Waals surface area contributed by atoms with Crippen molar-refractivity contribution < 1.29 is 9.84 Å². The van der Waals surface area contributed by atoms with Crippen LogP contribution in [0.25, 0.3) is 10.9 Å². The van der Waals surface area contributed by atoms with Gasteiger partial charge in [0.2, 0.25) is 0 Å². The van der Waals surface area contributed by atoms with Gasteiger partial charge in [-0.3, -0.25) is 0 Å². The summed E-state index contributed by atoms with van der Waals surface area (Å²) in [7, 11) is 0. The van der Waals surface area contributed by atoms with Crippen molar-refractivity contribution >= 4 is 10.9 Å². The van der Waals surface area contributed by atoms with Gasteiger partial charge in [-0.15, -0.1) is 0 Å². The Hall–Kier alpha value is -1.36. The van der Waals surface area contributed by atoms with Crippen LogP contribution in [0.1, 0.15) is 5.56 Å². The number of aromatic nitrogens is 1.